The minimum Gasteiger partial charge on any atom is -0.374 e. The Morgan fingerprint density at radius 3 is 2.17 bits per heavy atom. The summed E-state index contributed by atoms with van der Waals surface area (Å²) in [6.07, 6.45) is 2.11. The summed E-state index contributed by atoms with van der Waals surface area (Å²) < 4.78 is 5.56. The van der Waals surface area contributed by atoms with Crippen LogP contribution in [0.2, 0.25) is 0 Å². The van der Waals surface area contributed by atoms with E-state index in [9.17, 15) is 0 Å². The van der Waals surface area contributed by atoms with Crippen LogP contribution in [0.15, 0.2) is 12.7 Å². The van der Waals surface area contributed by atoms with Crippen LogP contribution in [-0.4, -0.2) is 12.7 Å². The normalized spacial score (nSPS) is 17.1. The van der Waals surface area contributed by atoms with Gasteiger partial charge in [0.15, 0.2) is 0 Å². The summed E-state index contributed by atoms with van der Waals surface area (Å²) in [5.74, 6) is 0.567. The number of ether oxygens (including phenoxy) is 1. The van der Waals surface area contributed by atoms with E-state index in [0.717, 1.165) is 0 Å². The largest absolute Gasteiger partial charge is 0.374 e. The molecule has 2 unspecified atom stereocenters. The molecule has 0 N–H and O–H groups in total. The SMILES string of the molecule is C=CCOC(C)C(C)C(C)(C)C. The third-order valence-corrected chi connectivity index (χ3v) is 2.55. The average Bonchev–Trinajstić information content (AvgIpc) is 1.97. The summed E-state index contributed by atoms with van der Waals surface area (Å²) in [7, 11) is 0. The van der Waals surface area contributed by atoms with Crippen LogP contribution < -0.4 is 0 Å². The Morgan fingerprint density at radius 2 is 1.83 bits per heavy atom. The summed E-state index contributed by atoms with van der Waals surface area (Å²) in [4.78, 5) is 0. The van der Waals surface area contributed by atoms with E-state index in [1.807, 2.05) is 0 Å². The predicted octanol–water partition coefficient (Wildman–Crippen LogP) is 3.26. The Morgan fingerprint density at radius 1 is 1.33 bits per heavy atom. The number of hydrogen-bond donors (Lipinski definition) is 0. The average molecular weight is 170 g/mol. The van der Waals surface area contributed by atoms with Gasteiger partial charge in [0.1, 0.15) is 0 Å². The van der Waals surface area contributed by atoms with Crippen LogP contribution >= 0.6 is 0 Å². The first-order valence-corrected chi connectivity index (χ1v) is 4.62. The molecule has 0 aliphatic rings. The molecule has 0 aromatic rings. The fraction of sp³-hybridized carbons (Fsp3) is 0.818. The van der Waals surface area contributed by atoms with Gasteiger partial charge < -0.3 is 4.74 Å². The van der Waals surface area contributed by atoms with E-state index < -0.39 is 0 Å². The molecule has 1 heteroatoms. The van der Waals surface area contributed by atoms with Crippen molar-refractivity contribution in [3.8, 4) is 0 Å². The molecule has 0 aromatic heterocycles. The maximum absolute atomic E-state index is 5.56. The van der Waals surface area contributed by atoms with E-state index in [1.165, 1.54) is 0 Å². The first-order valence-electron chi connectivity index (χ1n) is 4.62. The minimum absolute atomic E-state index is 0.308. The molecule has 0 rings (SSSR count). The fourth-order valence-corrected chi connectivity index (χ4v) is 1.07. The van der Waals surface area contributed by atoms with Crippen LogP contribution in [0.3, 0.4) is 0 Å². The van der Waals surface area contributed by atoms with E-state index >= 15 is 0 Å². The lowest BCUT2D eigenvalue weighted by molar-refractivity contribution is 0.00862. The topological polar surface area (TPSA) is 9.23 Å². The van der Waals surface area contributed by atoms with Crippen molar-refractivity contribution in [1.29, 1.82) is 0 Å². The molecule has 0 saturated carbocycles. The molecule has 0 spiro atoms. The minimum atomic E-state index is 0.308. The maximum Gasteiger partial charge on any atom is 0.0648 e. The lowest BCUT2D eigenvalue weighted by Crippen LogP contribution is -2.29. The summed E-state index contributed by atoms with van der Waals surface area (Å²) in [6.45, 7) is 15.4. The molecule has 0 heterocycles. The standard InChI is InChI=1S/C11H22O/c1-7-8-12-10(3)9(2)11(4,5)6/h7,9-10H,1,8H2,2-6H3. The van der Waals surface area contributed by atoms with Crippen LogP contribution in [0.1, 0.15) is 34.6 Å². The molecule has 12 heavy (non-hydrogen) atoms. The molecule has 0 fully saturated rings. The highest BCUT2D eigenvalue weighted by Gasteiger charge is 2.25. The molecular formula is C11H22O. The summed E-state index contributed by atoms with van der Waals surface area (Å²) >= 11 is 0. The molecule has 0 aliphatic heterocycles. The van der Waals surface area contributed by atoms with Gasteiger partial charge in [-0.25, -0.2) is 0 Å². The van der Waals surface area contributed by atoms with Gasteiger partial charge in [-0.3, -0.25) is 0 Å². The van der Waals surface area contributed by atoms with Crippen molar-refractivity contribution in [2.75, 3.05) is 6.61 Å². The van der Waals surface area contributed by atoms with E-state index in [4.69, 9.17) is 4.74 Å². The van der Waals surface area contributed by atoms with E-state index in [2.05, 4.69) is 41.2 Å². The second-order valence-electron chi connectivity index (χ2n) is 4.48. The van der Waals surface area contributed by atoms with Gasteiger partial charge in [-0.05, 0) is 18.3 Å². The maximum atomic E-state index is 5.56. The molecule has 72 valence electrons. The van der Waals surface area contributed by atoms with Crippen molar-refractivity contribution in [1.82, 2.24) is 0 Å². The Balaban J connectivity index is 3.92. The second kappa shape index (κ2) is 4.66. The zero-order valence-electron chi connectivity index (χ0n) is 9.05. The summed E-state index contributed by atoms with van der Waals surface area (Å²) in [5.41, 5.74) is 0.320. The Labute approximate surface area is 76.8 Å². The summed E-state index contributed by atoms with van der Waals surface area (Å²) in [6, 6.07) is 0. The van der Waals surface area contributed by atoms with Crippen molar-refractivity contribution >= 4 is 0 Å². The third-order valence-electron chi connectivity index (χ3n) is 2.55. The van der Waals surface area contributed by atoms with Gasteiger partial charge in [0.2, 0.25) is 0 Å². The van der Waals surface area contributed by atoms with Crippen molar-refractivity contribution in [2.24, 2.45) is 11.3 Å². The molecule has 0 bridgehead atoms. The van der Waals surface area contributed by atoms with Crippen LogP contribution in [0.25, 0.3) is 0 Å². The highest BCUT2D eigenvalue weighted by atomic mass is 16.5. The van der Waals surface area contributed by atoms with Crippen molar-refractivity contribution < 1.29 is 4.74 Å². The highest BCUT2D eigenvalue weighted by molar-refractivity contribution is 4.76. The molecule has 0 aliphatic carbocycles. The Hall–Kier alpha value is -0.300. The molecule has 1 nitrogen and oxygen atoms in total. The lowest BCUT2D eigenvalue weighted by atomic mass is 9.79. The predicted molar refractivity (Wildman–Crippen MR) is 54.2 cm³/mol. The van der Waals surface area contributed by atoms with Crippen molar-refractivity contribution in [2.45, 2.75) is 40.7 Å². The molecule has 2 atom stereocenters. The van der Waals surface area contributed by atoms with Gasteiger partial charge in [-0.2, -0.15) is 0 Å². The lowest BCUT2D eigenvalue weighted by Gasteiger charge is -2.32. The quantitative estimate of drug-likeness (QED) is 0.588. The van der Waals surface area contributed by atoms with Crippen molar-refractivity contribution in [3.63, 3.8) is 0 Å². The van der Waals surface area contributed by atoms with Gasteiger partial charge in [0, 0.05) is 0 Å². The van der Waals surface area contributed by atoms with Gasteiger partial charge >= 0.3 is 0 Å². The zero-order chi connectivity index (χ0) is 9.78. The molecule has 0 aromatic carbocycles. The summed E-state index contributed by atoms with van der Waals surface area (Å²) in [5, 5.41) is 0. The van der Waals surface area contributed by atoms with Gasteiger partial charge in [-0.15, -0.1) is 6.58 Å². The van der Waals surface area contributed by atoms with E-state index in [-0.39, 0.29) is 0 Å². The first kappa shape index (κ1) is 11.7. The van der Waals surface area contributed by atoms with Crippen LogP contribution in [-0.2, 0) is 4.74 Å². The Bertz CT molecular complexity index is 132. The number of hydrogen-bond acceptors (Lipinski definition) is 1. The van der Waals surface area contributed by atoms with Gasteiger partial charge in [-0.1, -0.05) is 33.8 Å². The van der Waals surface area contributed by atoms with E-state index in [0.29, 0.717) is 24.0 Å². The third kappa shape index (κ3) is 3.91. The fourth-order valence-electron chi connectivity index (χ4n) is 1.07. The zero-order valence-corrected chi connectivity index (χ0v) is 9.05. The highest BCUT2D eigenvalue weighted by Crippen LogP contribution is 2.29. The van der Waals surface area contributed by atoms with Gasteiger partial charge in [0.25, 0.3) is 0 Å². The van der Waals surface area contributed by atoms with Crippen LogP contribution in [0.4, 0.5) is 0 Å². The molecule has 0 radical (unpaired) electrons. The van der Waals surface area contributed by atoms with Crippen LogP contribution in [0.5, 0.6) is 0 Å². The number of rotatable bonds is 4. The molecule has 0 amide bonds. The van der Waals surface area contributed by atoms with Crippen molar-refractivity contribution in [3.05, 3.63) is 12.7 Å². The second-order valence-corrected chi connectivity index (χ2v) is 4.48. The first-order chi connectivity index (χ1) is 5.39. The van der Waals surface area contributed by atoms with Crippen LogP contribution in [0, 0.1) is 11.3 Å². The Kier molecular flexibility index (Phi) is 4.54. The van der Waals surface area contributed by atoms with Gasteiger partial charge in [0.05, 0.1) is 12.7 Å². The smallest absolute Gasteiger partial charge is 0.0648 e. The molecule has 0 saturated heterocycles. The molecular weight excluding hydrogens is 148 g/mol. The van der Waals surface area contributed by atoms with E-state index in [1.54, 1.807) is 6.08 Å². The monoisotopic (exact) mass is 170 g/mol.